The number of benzene rings is 1. The van der Waals surface area contributed by atoms with Crippen molar-refractivity contribution in [3.63, 3.8) is 0 Å². The summed E-state index contributed by atoms with van der Waals surface area (Å²) >= 11 is 11.6. The molecule has 0 unspecified atom stereocenters. The number of carbonyl (C=O) groups excluding carboxylic acids is 3. The summed E-state index contributed by atoms with van der Waals surface area (Å²) in [5.41, 5.74) is 0.342. The van der Waals surface area contributed by atoms with Gasteiger partial charge in [-0.05, 0) is 25.1 Å². The molecule has 0 bridgehead atoms. The molecule has 1 aromatic rings. The largest absolute Gasteiger partial charge is 0.463 e. The number of amides is 1. The van der Waals surface area contributed by atoms with Gasteiger partial charge in [0.2, 0.25) is 0 Å². The maximum Gasteiger partial charge on any atom is 0.331 e. The first-order chi connectivity index (χ1) is 10.4. The van der Waals surface area contributed by atoms with E-state index in [9.17, 15) is 14.4 Å². The quantitative estimate of drug-likeness (QED) is 0.632. The molecule has 0 fully saturated rings. The minimum atomic E-state index is -0.842. The average Bonchev–Trinajstić information content (AvgIpc) is 2.46. The number of esters is 2. The van der Waals surface area contributed by atoms with Gasteiger partial charge in [-0.1, -0.05) is 23.2 Å². The molecule has 6 nitrogen and oxygen atoms in total. The van der Waals surface area contributed by atoms with E-state index in [1.807, 2.05) is 0 Å². The first-order valence-electron chi connectivity index (χ1n) is 6.19. The third-order valence-corrected chi connectivity index (χ3v) is 2.74. The minimum Gasteiger partial charge on any atom is -0.463 e. The third-order valence-electron chi connectivity index (χ3n) is 2.19. The van der Waals surface area contributed by atoms with Gasteiger partial charge in [0.1, 0.15) is 0 Å². The van der Waals surface area contributed by atoms with Crippen molar-refractivity contribution in [3.05, 3.63) is 40.4 Å². The number of hydrogen-bond donors (Lipinski definition) is 1. The molecule has 1 rings (SSSR count). The van der Waals surface area contributed by atoms with E-state index in [4.69, 9.17) is 23.2 Å². The number of rotatable bonds is 6. The molecule has 1 aromatic carbocycles. The number of carbonyl (C=O) groups is 3. The standard InChI is InChI=1S/C14H13Cl2NO5/c1-2-21-13(19)5-6-14(20)22-8-12(18)17-11-4-3-9(15)7-10(11)16/h3-7H,2,8H2,1H3,(H,17,18)/b6-5+. The van der Waals surface area contributed by atoms with Crippen LogP contribution in [0.15, 0.2) is 30.4 Å². The van der Waals surface area contributed by atoms with E-state index in [0.29, 0.717) is 10.7 Å². The smallest absolute Gasteiger partial charge is 0.331 e. The van der Waals surface area contributed by atoms with Crippen molar-refractivity contribution < 1.29 is 23.9 Å². The monoisotopic (exact) mass is 345 g/mol. The molecule has 1 N–H and O–H groups in total. The van der Waals surface area contributed by atoms with E-state index >= 15 is 0 Å². The van der Waals surface area contributed by atoms with Gasteiger partial charge in [-0.25, -0.2) is 9.59 Å². The Morgan fingerprint density at radius 3 is 2.36 bits per heavy atom. The second-order valence-electron chi connectivity index (χ2n) is 3.87. The first-order valence-corrected chi connectivity index (χ1v) is 6.94. The van der Waals surface area contributed by atoms with Crippen LogP contribution in [0.1, 0.15) is 6.92 Å². The molecule has 1 amide bonds. The molecule has 8 heteroatoms. The predicted molar refractivity (Wildman–Crippen MR) is 81.8 cm³/mol. The van der Waals surface area contributed by atoms with Crippen LogP contribution in [0.4, 0.5) is 5.69 Å². The molecule has 0 aliphatic carbocycles. The van der Waals surface area contributed by atoms with Crippen LogP contribution in [0.25, 0.3) is 0 Å². The van der Waals surface area contributed by atoms with E-state index in [1.54, 1.807) is 13.0 Å². The molecule has 22 heavy (non-hydrogen) atoms. The molecule has 0 aliphatic heterocycles. The number of halogens is 2. The lowest BCUT2D eigenvalue weighted by atomic mass is 10.3. The zero-order valence-electron chi connectivity index (χ0n) is 11.6. The lowest BCUT2D eigenvalue weighted by molar-refractivity contribution is -0.143. The summed E-state index contributed by atoms with van der Waals surface area (Å²) in [5.74, 6) is -2.09. The Balaban J connectivity index is 2.42. The number of ether oxygens (including phenoxy) is 2. The molecular formula is C14H13Cl2NO5. The van der Waals surface area contributed by atoms with Crippen LogP contribution >= 0.6 is 23.2 Å². The van der Waals surface area contributed by atoms with Crippen LogP contribution in [-0.2, 0) is 23.9 Å². The summed E-state index contributed by atoms with van der Waals surface area (Å²) < 4.78 is 9.23. The van der Waals surface area contributed by atoms with Crippen molar-refractivity contribution in [1.82, 2.24) is 0 Å². The fraction of sp³-hybridized carbons (Fsp3) is 0.214. The van der Waals surface area contributed by atoms with Gasteiger partial charge in [0, 0.05) is 17.2 Å². The van der Waals surface area contributed by atoms with E-state index < -0.39 is 24.5 Å². The summed E-state index contributed by atoms with van der Waals surface area (Å²) in [4.78, 5) is 33.8. The molecule has 0 heterocycles. The zero-order chi connectivity index (χ0) is 16.5. The fourth-order valence-corrected chi connectivity index (χ4v) is 1.74. The van der Waals surface area contributed by atoms with Gasteiger partial charge in [-0.2, -0.15) is 0 Å². The van der Waals surface area contributed by atoms with Crippen molar-refractivity contribution in [2.45, 2.75) is 6.92 Å². The Bertz CT molecular complexity index is 601. The Morgan fingerprint density at radius 2 is 1.77 bits per heavy atom. The van der Waals surface area contributed by atoms with Crippen LogP contribution < -0.4 is 5.32 Å². The van der Waals surface area contributed by atoms with E-state index in [-0.39, 0.29) is 11.6 Å². The summed E-state index contributed by atoms with van der Waals surface area (Å²) in [7, 11) is 0. The first kappa shape index (κ1) is 18.0. The number of anilines is 1. The van der Waals surface area contributed by atoms with Gasteiger partial charge >= 0.3 is 11.9 Å². The molecule has 0 atom stereocenters. The van der Waals surface area contributed by atoms with E-state index in [0.717, 1.165) is 12.2 Å². The minimum absolute atomic E-state index is 0.197. The van der Waals surface area contributed by atoms with Crippen LogP contribution in [0.5, 0.6) is 0 Å². The highest BCUT2D eigenvalue weighted by atomic mass is 35.5. The average molecular weight is 346 g/mol. The van der Waals surface area contributed by atoms with Crippen molar-refractivity contribution in [2.75, 3.05) is 18.5 Å². The van der Waals surface area contributed by atoms with E-state index in [2.05, 4.69) is 14.8 Å². The lowest BCUT2D eigenvalue weighted by Gasteiger charge is -2.07. The van der Waals surface area contributed by atoms with Gasteiger partial charge in [0.05, 0.1) is 17.3 Å². The van der Waals surface area contributed by atoms with E-state index in [1.165, 1.54) is 12.1 Å². The lowest BCUT2D eigenvalue weighted by Crippen LogP contribution is -2.20. The second kappa shape index (κ2) is 9.07. The highest BCUT2D eigenvalue weighted by molar-refractivity contribution is 6.36. The third kappa shape index (κ3) is 6.60. The fourth-order valence-electron chi connectivity index (χ4n) is 1.29. The Morgan fingerprint density at radius 1 is 1.14 bits per heavy atom. The molecule has 0 saturated heterocycles. The van der Waals surface area contributed by atoms with Crippen LogP contribution in [0, 0.1) is 0 Å². The van der Waals surface area contributed by atoms with Gasteiger partial charge in [-0.15, -0.1) is 0 Å². The van der Waals surface area contributed by atoms with Crippen molar-refractivity contribution in [3.8, 4) is 0 Å². The Hall–Kier alpha value is -2.05. The van der Waals surface area contributed by atoms with Crippen molar-refractivity contribution >= 4 is 46.7 Å². The normalized spacial score (nSPS) is 10.3. The Labute approximate surface area is 137 Å². The van der Waals surface area contributed by atoms with Gasteiger partial charge in [0.15, 0.2) is 6.61 Å². The van der Waals surface area contributed by atoms with Crippen molar-refractivity contribution in [2.24, 2.45) is 0 Å². The topological polar surface area (TPSA) is 81.7 Å². The summed E-state index contributed by atoms with van der Waals surface area (Å²) in [6.45, 7) is 1.31. The highest BCUT2D eigenvalue weighted by Gasteiger charge is 2.09. The molecule has 0 aliphatic rings. The molecule has 118 valence electrons. The molecular weight excluding hydrogens is 333 g/mol. The summed E-state index contributed by atoms with van der Waals surface area (Å²) in [6.07, 6.45) is 1.79. The zero-order valence-corrected chi connectivity index (χ0v) is 13.1. The summed E-state index contributed by atoms with van der Waals surface area (Å²) in [5, 5.41) is 3.14. The maximum absolute atomic E-state index is 11.6. The number of nitrogens with one attached hydrogen (secondary N) is 1. The summed E-state index contributed by atoms with van der Waals surface area (Å²) in [6, 6.07) is 4.54. The highest BCUT2D eigenvalue weighted by Crippen LogP contribution is 2.25. The molecule has 0 saturated carbocycles. The van der Waals surface area contributed by atoms with Gasteiger partial charge in [-0.3, -0.25) is 4.79 Å². The molecule has 0 radical (unpaired) electrons. The van der Waals surface area contributed by atoms with Gasteiger partial charge in [0.25, 0.3) is 5.91 Å². The second-order valence-corrected chi connectivity index (χ2v) is 4.71. The number of hydrogen-bond acceptors (Lipinski definition) is 5. The van der Waals surface area contributed by atoms with Crippen molar-refractivity contribution in [1.29, 1.82) is 0 Å². The Kier molecular flexibility index (Phi) is 7.42. The predicted octanol–water partition coefficient (Wildman–Crippen LogP) is 2.59. The van der Waals surface area contributed by atoms with Crippen LogP contribution in [0.3, 0.4) is 0 Å². The van der Waals surface area contributed by atoms with Crippen LogP contribution in [0.2, 0.25) is 10.0 Å². The maximum atomic E-state index is 11.6. The van der Waals surface area contributed by atoms with Crippen LogP contribution in [-0.4, -0.2) is 31.1 Å². The molecule has 0 aromatic heterocycles. The van der Waals surface area contributed by atoms with Gasteiger partial charge < -0.3 is 14.8 Å². The molecule has 0 spiro atoms. The SMILES string of the molecule is CCOC(=O)/C=C/C(=O)OCC(=O)Nc1ccc(Cl)cc1Cl.